The molecule has 0 bridgehead atoms. The number of carbonyl (C=O) groups is 1. The average Bonchev–Trinajstić information content (AvgIpc) is 3.23. The molecule has 0 saturated heterocycles. The Kier molecular flexibility index (Phi) is 6.16. The number of thiophene rings is 1. The Balaban J connectivity index is 1.59. The number of benzene rings is 2. The molecule has 2 aromatic carbocycles. The fourth-order valence-corrected chi connectivity index (χ4v) is 4.96. The van der Waals surface area contributed by atoms with Gasteiger partial charge in [0.2, 0.25) is 5.91 Å². The van der Waals surface area contributed by atoms with Crippen LogP contribution in [0, 0.1) is 11.3 Å². The molecule has 0 radical (unpaired) electrons. The van der Waals surface area contributed by atoms with Gasteiger partial charge >= 0.3 is 0 Å². The van der Waals surface area contributed by atoms with Gasteiger partial charge in [-0.3, -0.25) is 14.2 Å². The van der Waals surface area contributed by atoms with Crippen molar-refractivity contribution < 1.29 is 4.79 Å². The van der Waals surface area contributed by atoms with Crippen molar-refractivity contribution in [3.05, 3.63) is 75.9 Å². The number of hydrogen-bond acceptors (Lipinski definition) is 6. The maximum Gasteiger partial charge on any atom is 0.272 e. The minimum absolute atomic E-state index is 0.0883. The lowest BCUT2D eigenvalue weighted by molar-refractivity contribution is -0.113. The maximum atomic E-state index is 13.0. The molecule has 8 heteroatoms. The van der Waals surface area contributed by atoms with Gasteiger partial charge in [-0.1, -0.05) is 42.1 Å². The van der Waals surface area contributed by atoms with E-state index in [0.29, 0.717) is 33.2 Å². The molecule has 0 unspecified atom stereocenters. The maximum absolute atomic E-state index is 13.0. The van der Waals surface area contributed by atoms with Crippen molar-refractivity contribution in [2.75, 3.05) is 11.1 Å². The second kappa shape index (κ2) is 9.16. The number of nitriles is 1. The van der Waals surface area contributed by atoms with Gasteiger partial charge in [-0.25, -0.2) is 4.98 Å². The van der Waals surface area contributed by atoms with Crippen LogP contribution in [-0.4, -0.2) is 21.2 Å². The van der Waals surface area contributed by atoms with Gasteiger partial charge in [0, 0.05) is 23.2 Å². The van der Waals surface area contributed by atoms with E-state index in [2.05, 4.69) is 5.32 Å². The first-order chi connectivity index (χ1) is 15.1. The summed E-state index contributed by atoms with van der Waals surface area (Å²) in [5.41, 5.74) is 3.65. The van der Waals surface area contributed by atoms with E-state index < -0.39 is 0 Å². The monoisotopic (exact) mass is 446 g/mol. The van der Waals surface area contributed by atoms with Crippen LogP contribution >= 0.6 is 23.1 Å². The predicted molar refractivity (Wildman–Crippen MR) is 126 cm³/mol. The largest absolute Gasteiger partial charge is 0.325 e. The lowest BCUT2D eigenvalue weighted by atomic mass is 10.1. The molecule has 2 aromatic heterocycles. The lowest BCUT2D eigenvalue weighted by Gasteiger charge is -2.11. The highest BCUT2D eigenvalue weighted by Crippen LogP contribution is 2.32. The van der Waals surface area contributed by atoms with Gasteiger partial charge in [-0.2, -0.15) is 5.26 Å². The molecule has 4 aromatic rings. The number of fused-ring (bicyclic) bond motifs is 1. The first kappa shape index (κ1) is 20.8. The fourth-order valence-electron chi connectivity index (χ4n) is 3.15. The number of amides is 1. The topological polar surface area (TPSA) is 87.8 Å². The van der Waals surface area contributed by atoms with Crippen LogP contribution in [0.5, 0.6) is 0 Å². The Hall–Kier alpha value is -3.41. The van der Waals surface area contributed by atoms with E-state index in [-0.39, 0.29) is 17.2 Å². The summed E-state index contributed by atoms with van der Waals surface area (Å²) in [6.07, 6.45) is 0. The predicted octanol–water partition coefficient (Wildman–Crippen LogP) is 4.75. The quantitative estimate of drug-likeness (QED) is 0.341. The summed E-state index contributed by atoms with van der Waals surface area (Å²) < 4.78 is 2.22. The zero-order valence-electron chi connectivity index (χ0n) is 16.7. The molecule has 0 aliphatic rings. The molecule has 0 atom stereocenters. The molecule has 1 N–H and O–H groups in total. The second-order valence-electron chi connectivity index (χ2n) is 6.66. The number of aromatic nitrogens is 2. The van der Waals surface area contributed by atoms with Crippen LogP contribution in [0.4, 0.5) is 5.69 Å². The minimum atomic E-state index is -0.208. The summed E-state index contributed by atoms with van der Waals surface area (Å²) in [6, 6.07) is 18.5. The molecular formula is C23H18N4O2S2. The zero-order chi connectivity index (χ0) is 21.8. The van der Waals surface area contributed by atoms with Crippen molar-refractivity contribution in [3.63, 3.8) is 0 Å². The van der Waals surface area contributed by atoms with Crippen molar-refractivity contribution in [2.45, 2.75) is 18.6 Å². The van der Waals surface area contributed by atoms with Crippen LogP contribution in [0.25, 0.3) is 21.3 Å². The summed E-state index contributed by atoms with van der Waals surface area (Å²) in [6.45, 7) is 2.36. The second-order valence-corrected chi connectivity index (χ2v) is 8.49. The molecular weight excluding hydrogens is 428 g/mol. The molecule has 1 amide bonds. The van der Waals surface area contributed by atoms with Crippen LogP contribution < -0.4 is 10.9 Å². The third-order valence-electron chi connectivity index (χ3n) is 4.67. The van der Waals surface area contributed by atoms with Crippen LogP contribution in [0.3, 0.4) is 0 Å². The first-order valence-corrected chi connectivity index (χ1v) is 11.5. The minimum Gasteiger partial charge on any atom is -0.325 e. The van der Waals surface area contributed by atoms with Crippen LogP contribution in [-0.2, 0) is 11.3 Å². The molecule has 2 heterocycles. The first-order valence-electron chi connectivity index (χ1n) is 9.61. The van der Waals surface area contributed by atoms with Gasteiger partial charge in [0.1, 0.15) is 4.70 Å². The van der Waals surface area contributed by atoms with Crippen molar-refractivity contribution in [2.24, 2.45) is 0 Å². The molecule has 0 fully saturated rings. The highest BCUT2D eigenvalue weighted by Gasteiger charge is 2.17. The number of hydrogen-bond donors (Lipinski definition) is 1. The Morgan fingerprint density at radius 3 is 2.61 bits per heavy atom. The summed E-state index contributed by atoms with van der Waals surface area (Å²) in [4.78, 5) is 30.2. The molecule has 0 spiro atoms. The molecule has 0 saturated carbocycles. The summed E-state index contributed by atoms with van der Waals surface area (Å²) in [5, 5.41) is 14.2. The Bertz CT molecular complexity index is 1340. The van der Waals surface area contributed by atoms with E-state index in [4.69, 9.17) is 10.2 Å². The molecule has 0 aliphatic heterocycles. The summed E-state index contributed by atoms with van der Waals surface area (Å²) in [5.74, 6) is -0.0942. The van der Waals surface area contributed by atoms with E-state index in [1.165, 1.54) is 23.1 Å². The Morgan fingerprint density at radius 1 is 1.19 bits per heavy atom. The van der Waals surface area contributed by atoms with E-state index in [1.807, 2.05) is 48.7 Å². The number of nitrogens with zero attached hydrogens (tertiary/aromatic N) is 3. The zero-order valence-corrected chi connectivity index (χ0v) is 18.3. The van der Waals surface area contributed by atoms with Crippen molar-refractivity contribution in [1.29, 1.82) is 5.26 Å². The number of rotatable bonds is 6. The van der Waals surface area contributed by atoms with E-state index in [9.17, 15) is 9.59 Å². The number of carbonyl (C=O) groups excluding carboxylic acids is 1. The van der Waals surface area contributed by atoms with Crippen LogP contribution in [0.2, 0.25) is 0 Å². The third-order valence-corrected chi connectivity index (χ3v) is 6.61. The van der Waals surface area contributed by atoms with Crippen molar-refractivity contribution >= 4 is 44.9 Å². The van der Waals surface area contributed by atoms with Gasteiger partial charge < -0.3 is 5.32 Å². The normalized spacial score (nSPS) is 10.7. The number of thioether (sulfide) groups is 1. The van der Waals surface area contributed by atoms with E-state index in [1.54, 1.807) is 28.8 Å². The Morgan fingerprint density at radius 2 is 1.94 bits per heavy atom. The Labute approximate surface area is 187 Å². The van der Waals surface area contributed by atoms with Crippen LogP contribution in [0.15, 0.2) is 69.9 Å². The van der Waals surface area contributed by atoms with Gasteiger partial charge in [-0.15, -0.1) is 11.3 Å². The molecule has 6 nitrogen and oxygen atoms in total. The van der Waals surface area contributed by atoms with Gasteiger partial charge in [-0.05, 0) is 36.8 Å². The molecule has 4 rings (SSSR count). The fraction of sp³-hybridized carbons (Fsp3) is 0.130. The van der Waals surface area contributed by atoms with E-state index in [0.717, 1.165) is 11.1 Å². The summed E-state index contributed by atoms with van der Waals surface area (Å²) in [7, 11) is 0. The molecule has 154 valence electrons. The standard InChI is InChI=1S/C23H18N4O2S2/c1-2-27-22(29)21-20(18(13-30-21)16-6-4-3-5-7-16)26-23(27)31-14-19(28)25-17-10-8-15(12-24)9-11-17/h3-11,13H,2,14H2,1H3,(H,25,28). The molecule has 0 aliphatic carbocycles. The van der Waals surface area contributed by atoms with Gasteiger partial charge in [0.25, 0.3) is 5.56 Å². The highest BCUT2D eigenvalue weighted by molar-refractivity contribution is 7.99. The van der Waals surface area contributed by atoms with Crippen molar-refractivity contribution in [1.82, 2.24) is 9.55 Å². The number of nitrogens with one attached hydrogen (secondary N) is 1. The summed E-state index contributed by atoms with van der Waals surface area (Å²) >= 11 is 2.63. The van der Waals surface area contributed by atoms with Crippen molar-refractivity contribution in [3.8, 4) is 17.2 Å². The SMILES string of the molecule is CCn1c(SCC(=O)Nc2ccc(C#N)cc2)nc2c(-c3ccccc3)csc2c1=O. The van der Waals surface area contributed by atoms with Gasteiger partial charge in [0.05, 0.1) is 22.9 Å². The highest BCUT2D eigenvalue weighted by atomic mass is 32.2. The molecule has 31 heavy (non-hydrogen) atoms. The van der Waals surface area contributed by atoms with Crippen LogP contribution in [0.1, 0.15) is 12.5 Å². The smallest absolute Gasteiger partial charge is 0.272 e. The lowest BCUT2D eigenvalue weighted by Crippen LogP contribution is -2.22. The third kappa shape index (κ3) is 4.38. The average molecular weight is 447 g/mol. The van der Waals surface area contributed by atoms with E-state index >= 15 is 0 Å². The van der Waals surface area contributed by atoms with Gasteiger partial charge in [0.15, 0.2) is 5.16 Å². The number of anilines is 1.